The lowest BCUT2D eigenvalue weighted by Gasteiger charge is -2.39. The predicted octanol–water partition coefficient (Wildman–Crippen LogP) is 2.67. The van der Waals surface area contributed by atoms with Crippen molar-refractivity contribution in [3.05, 3.63) is 27.6 Å². The van der Waals surface area contributed by atoms with Gasteiger partial charge in [-0.2, -0.15) is 0 Å². The third-order valence-electron chi connectivity index (χ3n) is 5.85. The minimum atomic E-state index is -0.910. The quantitative estimate of drug-likeness (QED) is 0.364. The number of halogens is 1. The molecule has 188 valence electrons. The van der Waals surface area contributed by atoms with Crippen LogP contribution >= 0.6 is 15.9 Å². The van der Waals surface area contributed by atoms with Crippen molar-refractivity contribution in [3.8, 4) is 0 Å². The Kier molecular flexibility index (Phi) is 8.21. The third kappa shape index (κ3) is 5.82. The molecular weight excluding hydrogens is 546 g/mol. The van der Waals surface area contributed by atoms with Crippen LogP contribution in [0.4, 0.5) is 0 Å². The molecule has 3 N–H and O–H groups in total. The fraction of sp³-hybridized carbons (Fsp3) is 0.609. The van der Waals surface area contributed by atoms with Gasteiger partial charge < -0.3 is 24.7 Å². The zero-order valence-electron chi connectivity index (χ0n) is 21.0. The molecule has 0 saturated heterocycles. The molecule has 0 aliphatic carbocycles. The van der Waals surface area contributed by atoms with Gasteiger partial charge in [-0.3, -0.25) is 14.9 Å². The molecule has 0 bridgehead atoms. The predicted molar refractivity (Wildman–Crippen MR) is 140 cm³/mol. The largest absolute Gasteiger partial charge is 0.369 e. The van der Waals surface area contributed by atoms with Crippen LogP contribution in [0.2, 0.25) is 11.1 Å². The van der Waals surface area contributed by atoms with Gasteiger partial charge >= 0.3 is 0 Å². The Morgan fingerprint density at radius 1 is 1.14 bits per heavy atom. The summed E-state index contributed by atoms with van der Waals surface area (Å²) in [7, 11) is 7.13. The summed E-state index contributed by atoms with van der Waals surface area (Å²) >= 11 is 3.64. The van der Waals surface area contributed by atoms with Crippen LogP contribution in [0.1, 0.15) is 64.0 Å². The molecule has 12 heteroatoms. The fourth-order valence-electron chi connectivity index (χ4n) is 4.17. The summed E-state index contributed by atoms with van der Waals surface area (Å²) in [6.07, 6.45) is 0.393. The number of guanidine groups is 1. The van der Waals surface area contributed by atoms with E-state index in [1.54, 1.807) is 4.90 Å². The second kappa shape index (κ2) is 10.3. The lowest BCUT2D eigenvalue weighted by molar-refractivity contribution is -0.115. The van der Waals surface area contributed by atoms with Gasteiger partial charge in [0.15, 0.2) is 0 Å². The van der Waals surface area contributed by atoms with Crippen molar-refractivity contribution in [2.24, 2.45) is 10.7 Å². The molecule has 6 radical (unpaired) electrons. The molecule has 2 unspecified atom stereocenters. The van der Waals surface area contributed by atoms with Crippen LogP contribution in [0.3, 0.4) is 0 Å². The molecule has 2 amide bonds. The highest BCUT2D eigenvalue weighted by molar-refractivity contribution is 9.10. The van der Waals surface area contributed by atoms with E-state index in [0.717, 1.165) is 0 Å². The highest BCUT2D eigenvalue weighted by Crippen LogP contribution is 2.40. The summed E-state index contributed by atoms with van der Waals surface area (Å²) in [4.78, 5) is 32.8. The minimum absolute atomic E-state index is 0.0366. The average Bonchev–Trinajstić information content (AvgIpc) is 3.22. The molecule has 0 fully saturated rings. The average molecular weight is 579 g/mol. The summed E-state index contributed by atoms with van der Waals surface area (Å²) in [5, 5.41) is 2.54. The summed E-state index contributed by atoms with van der Waals surface area (Å²) in [6.45, 7) is 12.7. The molecule has 2 atom stereocenters. The topological polar surface area (TPSA) is 111 Å². The molecule has 0 spiro atoms. The van der Waals surface area contributed by atoms with E-state index >= 15 is 0 Å². The number of hydrogen-bond acceptors (Lipinski definition) is 6. The standard InChI is InChI=1S/C23H32BrN5O4Si2/c1-12(34)10-32-22(3,4)28-8-7-14(17-19(30)27-21(25)26-17)15-9-16(24)29(18(15)20(28)31)23(5,6)33-11-13(2)35/h9,12-13H,7-8,10-11H2,1-6H3,(H3,25,26,27,30). The smallest absolute Gasteiger partial charge is 0.277 e. The van der Waals surface area contributed by atoms with Gasteiger partial charge in [-0.15, -0.1) is 0 Å². The highest BCUT2D eigenvalue weighted by Gasteiger charge is 2.42. The molecule has 0 saturated carbocycles. The third-order valence-corrected chi connectivity index (χ3v) is 6.77. The van der Waals surface area contributed by atoms with Crippen LogP contribution in [0, 0.1) is 0 Å². The van der Waals surface area contributed by atoms with Crippen molar-refractivity contribution in [2.45, 2.75) is 70.5 Å². The summed E-state index contributed by atoms with van der Waals surface area (Å²) in [6, 6.07) is 1.84. The monoisotopic (exact) mass is 577 g/mol. The number of carbonyl (C=O) groups excluding carboxylic acids is 2. The Balaban J connectivity index is 2.22. The number of carbonyl (C=O) groups is 2. The first-order valence-electron chi connectivity index (χ1n) is 11.5. The molecule has 1 aromatic heterocycles. The lowest BCUT2D eigenvalue weighted by atomic mass is 10.0. The number of nitrogens with two attached hydrogens (primary N) is 1. The van der Waals surface area contributed by atoms with Crippen LogP contribution in [0.5, 0.6) is 0 Å². The maximum atomic E-state index is 14.2. The number of aliphatic imine (C=N–C) groups is 1. The van der Waals surface area contributed by atoms with E-state index in [2.05, 4.69) is 46.7 Å². The van der Waals surface area contributed by atoms with Gasteiger partial charge in [-0.1, -0.05) is 13.8 Å². The maximum absolute atomic E-state index is 14.2. The molecule has 2 aliphatic rings. The Morgan fingerprint density at radius 3 is 2.23 bits per heavy atom. The van der Waals surface area contributed by atoms with E-state index in [9.17, 15) is 9.59 Å². The van der Waals surface area contributed by atoms with E-state index in [4.69, 9.17) is 15.2 Å². The van der Waals surface area contributed by atoms with Crippen LogP contribution in [-0.2, 0) is 20.0 Å². The molecular formula is C23H32BrN5O4Si2. The number of hydrogen-bond donors (Lipinski definition) is 2. The molecule has 2 aliphatic heterocycles. The molecule has 3 rings (SSSR count). The number of fused-ring (bicyclic) bond motifs is 1. The number of amides is 2. The number of nitrogens with one attached hydrogen (secondary N) is 1. The van der Waals surface area contributed by atoms with Crippen molar-refractivity contribution in [1.82, 2.24) is 14.8 Å². The summed E-state index contributed by atoms with van der Waals surface area (Å²) in [5.74, 6) is -0.583. The number of ether oxygens (including phenoxy) is 2. The number of aromatic nitrogens is 1. The number of rotatable bonds is 8. The van der Waals surface area contributed by atoms with Crippen LogP contribution in [0.15, 0.2) is 21.4 Å². The van der Waals surface area contributed by atoms with Crippen molar-refractivity contribution in [1.29, 1.82) is 0 Å². The Hall–Kier alpha value is -1.74. The normalized spacial score (nSPS) is 20.9. The SMILES string of the molecule is CC([Si])COC(C)(C)N1CCC(=C2N=C(N)NC2=O)c2cc(Br)n(C(C)(C)OCC(C)[Si])c2C1=O. The zero-order valence-corrected chi connectivity index (χ0v) is 24.6. The first-order valence-corrected chi connectivity index (χ1v) is 13.4. The first-order chi connectivity index (χ1) is 16.2. The van der Waals surface area contributed by atoms with Crippen molar-refractivity contribution in [2.75, 3.05) is 19.8 Å². The molecule has 3 heterocycles. The van der Waals surface area contributed by atoms with E-state index in [1.165, 1.54) is 0 Å². The van der Waals surface area contributed by atoms with E-state index in [1.807, 2.05) is 52.2 Å². The Labute approximate surface area is 221 Å². The maximum Gasteiger partial charge on any atom is 0.277 e. The van der Waals surface area contributed by atoms with Gasteiger partial charge in [0.25, 0.3) is 11.8 Å². The van der Waals surface area contributed by atoms with Gasteiger partial charge in [-0.05, 0) is 72.8 Å². The van der Waals surface area contributed by atoms with Crippen molar-refractivity contribution >= 4 is 59.8 Å². The minimum Gasteiger partial charge on any atom is -0.369 e. The molecule has 1 aromatic rings. The van der Waals surface area contributed by atoms with E-state index in [-0.39, 0.29) is 34.6 Å². The second-order valence-corrected chi connectivity index (χ2v) is 12.7. The van der Waals surface area contributed by atoms with Crippen LogP contribution in [0.25, 0.3) is 5.57 Å². The van der Waals surface area contributed by atoms with Crippen molar-refractivity contribution in [3.63, 3.8) is 0 Å². The van der Waals surface area contributed by atoms with Gasteiger partial charge in [0.2, 0.25) is 5.96 Å². The Bertz CT molecular complexity index is 1080. The fourth-order valence-corrected chi connectivity index (χ4v) is 5.17. The second-order valence-electron chi connectivity index (χ2n) is 9.87. The molecule has 35 heavy (non-hydrogen) atoms. The summed E-state index contributed by atoms with van der Waals surface area (Å²) < 4.78 is 14.8. The molecule has 9 nitrogen and oxygen atoms in total. The zero-order chi connectivity index (χ0) is 26.3. The van der Waals surface area contributed by atoms with Gasteiger partial charge in [0, 0.05) is 45.8 Å². The van der Waals surface area contributed by atoms with E-state index in [0.29, 0.717) is 47.6 Å². The van der Waals surface area contributed by atoms with Gasteiger partial charge in [0.1, 0.15) is 22.8 Å². The number of nitrogens with zero attached hydrogens (tertiary/aromatic N) is 3. The van der Waals surface area contributed by atoms with Gasteiger partial charge in [-0.25, -0.2) is 4.99 Å². The van der Waals surface area contributed by atoms with E-state index < -0.39 is 11.4 Å². The van der Waals surface area contributed by atoms with Gasteiger partial charge in [0.05, 0.1) is 4.60 Å². The van der Waals surface area contributed by atoms with Crippen molar-refractivity contribution < 1.29 is 19.1 Å². The highest BCUT2D eigenvalue weighted by atomic mass is 79.9. The Morgan fingerprint density at radius 2 is 1.71 bits per heavy atom. The van der Waals surface area contributed by atoms with Crippen LogP contribution in [-0.4, -0.2) is 73.2 Å². The van der Waals surface area contributed by atoms with Crippen LogP contribution < -0.4 is 11.1 Å². The molecule has 0 aromatic carbocycles. The first kappa shape index (κ1) is 27.8. The lowest BCUT2D eigenvalue weighted by Crippen LogP contribution is -2.51. The summed E-state index contributed by atoms with van der Waals surface area (Å²) in [5.41, 5.74) is 6.07.